The third-order valence-corrected chi connectivity index (χ3v) is 7.64. The highest BCUT2D eigenvalue weighted by molar-refractivity contribution is 5.93. The van der Waals surface area contributed by atoms with Gasteiger partial charge in [0, 0.05) is 11.6 Å². The summed E-state index contributed by atoms with van der Waals surface area (Å²) in [4.78, 5) is 13.7. The number of methoxy groups -OCH3 is 1. The van der Waals surface area contributed by atoms with Gasteiger partial charge < -0.3 is 79.2 Å². The minimum Gasteiger partial charge on any atom is -0.507 e. The van der Waals surface area contributed by atoms with E-state index in [1.54, 1.807) is 0 Å². The van der Waals surface area contributed by atoms with Gasteiger partial charge in [0.05, 0.1) is 19.8 Å². The van der Waals surface area contributed by atoms with Crippen LogP contribution in [-0.2, 0) is 14.2 Å². The molecule has 0 bridgehead atoms. The number of fused-ring (bicyclic) bond motifs is 1. The normalized spacial score (nSPS) is 32.0. The molecular formula is C28H32O17. The summed E-state index contributed by atoms with van der Waals surface area (Å²) >= 11 is 0. The molecule has 3 aromatic rings. The lowest BCUT2D eigenvalue weighted by molar-refractivity contribution is -0.318. The van der Waals surface area contributed by atoms with Crippen molar-refractivity contribution in [2.24, 2.45) is 0 Å². The van der Waals surface area contributed by atoms with Gasteiger partial charge in [0.25, 0.3) is 0 Å². The first kappa shape index (κ1) is 32.5. The Labute approximate surface area is 252 Å². The van der Waals surface area contributed by atoms with Gasteiger partial charge in [-0.1, -0.05) is 0 Å². The summed E-state index contributed by atoms with van der Waals surface area (Å²) in [6, 6.07) is 4.18. The molecule has 3 heterocycles. The first-order chi connectivity index (χ1) is 21.2. The molecule has 0 spiro atoms. The molecule has 2 fully saturated rings. The predicted octanol–water partition coefficient (Wildman–Crippen LogP) is -1.68. The SMILES string of the molecule is COc1cc(O)c2c(=O)c(O[C@@H]3O[C@H](CO[C@@H]4O[C@@H](C)[C@H](O)[C@@H](O)[C@H]4O)[C@@H](O)[C@H](O)[C@H]3O)c(-c3ccc(O)c(O)c3)oc2c1O. The third kappa shape index (κ3) is 5.81. The summed E-state index contributed by atoms with van der Waals surface area (Å²) in [6.45, 7) is 0.793. The molecule has 246 valence electrons. The van der Waals surface area contributed by atoms with Crippen LogP contribution in [0.2, 0.25) is 0 Å². The van der Waals surface area contributed by atoms with Crippen molar-refractivity contribution in [3.8, 4) is 45.8 Å². The molecule has 10 atom stereocenters. The van der Waals surface area contributed by atoms with E-state index in [4.69, 9.17) is 28.1 Å². The highest BCUT2D eigenvalue weighted by Gasteiger charge is 2.48. The van der Waals surface area contributed by atoms with Gasteiger partial charge in [0.15, 0.2) is 34.9 Å². The molecule has 17 heteroatoms. The Hall–Kier alpha value is -3.91. The van der Waals surface area contributed by atoms with Crippen molar-refractivity contribution in [1.29, 1.82) is 0 Å². The molecule has 0 saturated carbocycles. The number of benzene rings is 2. The number of rotatable bonds is 7. The second kappa shape index (κ2) is 12.5. The van der Waals surface area contributed by atoms with Gasteiger partial charge in [-0.3, -0.25) is 4.79 Å². The van der Waals surface area contributed by atoms with E-state index in [0.29, 0.717) is 0 Å². The lowest BCUT2D eigenvalue weighted by Crippen LogP contribution is -2.61. The molecule has 17 nitrogen and oxygen atoms in total. The van der Waals surface area contributed by atoms with E-state index in [0.717, 1.165) is 18.2 Å². The van der Waals surface area contributed by atoms with Crippen LogP contribution in [0.15, 0.2) is 33.5 Å². The van der Waals surface area contributed by atoms with Gasteiger partial charge >= 0.3 is 0 Å². The zero-order valence-corrected chi connectivity index (χ0v) is 23.6. The summed E-state index contributed by atoms with van der Waals surface area (Å²) in [5.41, 5.74) is -1.75. The average Bonchev–Trinajstić information content (AvgIpc) is 3.01. The third-order valence-electron chi connectivity index (χ3n) is 7.64. The number of ether oxygens (including phenoxy) is 5. The zero-order valence-electron chi connectivity index (χ0n) is 23.6. The van der Waals surface area contributed by atoms with E-state index in [-0.39, 0.29) is 11.3 Å². The Morgan fingerprint density at radius 3 is 2.11 bits per heavy atom. The van der Waals surface area contributed by atoms with Crippen LogP contribution in [0.5, 0.6) is 34.5 Å². The van der Waals surface area contributed by atoms with Gasteiger partial charge in [-0.15, -0.1) is 0 Å². The fourth-order valence-corrected chi connectivity index (χ4v) is 5.02. The maximum absolute atomic E-state index is 13.7. The highest BCUT2D eigenvalue weighted by Crippen LogP contribution is 2.44. The topological polar surface area (TPSA) is 279 Å². The summed E-state index contributed by atoms with van der Waals surface area (Å²) < 4.78 is 32.9. The van der Waals surface area contributed by atoms with Gasteiger partial charge in [-0.2, -0.15) is 0 Å². The van der Waals surface area contributed by atoms with E-state index in [9.17, 15) is 55.9 Å². The summed E-state index contributed by atoms with van der Waals surface area (Å²) in [5.74, 6) is -4.04. The van der Waals surface area contributed by atoms with Gasteiger partial charge in [0.2, 0.25) is 23.2 Å². The van der Waals surface area contributed by atoms with E-state index in [2.05, 4.69) is 0 Å². The van der Waals surface area contributed by atoms with E-state index < -0.39 is 119 Å². The first-order valence-electron chi connectivity index (χ1n) is 13.5. The van der Waals surface area contributed by atoms with Crippen molar-refractivity contribution < 1.29 is 79.2 Å². The van der Waals surface area contributed by atoms with Crippen molar-refractivity contribution >= 4 is 11.0 Å². The molecule has 0 amide bonds. The number of phenols is 4. The van der Waals surface area contributed by atoms with E-state index in [1.807, 2.05) is 0 Å². The lowest BCUT2D eigenvalue weighted by Gasteiger charge is -2.42. The molecule has 2 aromatic carbocycles. The predicted molar refractivity (Wildman–Crippen MR) is 147 cm³/mol. The smallest absolute Gasteiger partial charge is 0.239 e. The summed E-state index contributed by atoms with van der Waals surface area (Å²) in [5, 5.41) is 103. The van der Waals surface area contributed by atoms with Crippen molar-refractivity contribution in [3.63, 3.8) is 0 Å². The molecule has 45 heavy (non-hydrogen) atoms. The van der Waals surface area contributed by atoms with E-state index >= 15 is 0 Å². The zero-order chi connectivity index (χ0) is 32.9. The molecule has 10 N–H and O–H groups in total. The fourth-order valence-electron chi connectivity index (χ4n) is 5.02. The molecule has 2 aliphatic rings. The van der Waals surface area contributed by atoms with Crippen LogP contribution in [0.4, 0.5) is 0 Å². The monoisotopic (exact) mass is 640 g/mol. The Balaban J connectivity index is 1.52. The van der Waals surface area contributed by atoms with Crippen molar-refractivity contribution in [1.82, 2.24) is 0 Å². The molecular weight excluding hydrogens is 608 g/mol. The maximum Gasteiger partial charge on any atom is 0.239 e. The number of aromatic hydroxyl groups is 4. The van der Waals surface area contributed by atoms with Crippen LogP contribution in [0, 0.1) is 0 Å². The highest BCUT2D eigenvalue weighted by atomic mass is 16.7. The van der Waals surface area contributed by atoms with Crippen molar-refractivity contribution in [2.45, 2.75) is 68.3 Å². The standard InChI is InChI=1S/C28H32O17/c1-8-16(32)20(36)22(38)27(42-8)41-7-14-17(33)21(37)23(39)28(43-14)45-26-19(35)15-12(31)6-13(40-2)18(34)25(15)44-24(26)9-3-4-10(29)11(30)5-9/h3-6,8,14,16-17,20-23,27-34,36-39H,7H2,1-2H3/t8-,14+,16-,17+,20+,21-,22+,23+,27+,28-/m0/s1. The van der Waals surface area contributed by atoms with Crippen LogP contribution in [0.1, 0.15) is 6.92 Å². The quantitative estimate of drug-likeness (QED) is 0.102. The van der Waals surface area contributed by atoms with Crippen LogP contribution >= 0.6 is 0 Å². The van der Waals surface area contributed by atoms with Crippen molar-refractivity contribution in [3.05, 3.63) is 34.5 Å². The molecule has 0 unspecified atom stereocenters. The number of hydrogen-bond donors (Lipinski definition) is 10. The van der Waals surface area contributed by atoms with Crippen LogP contribution in [0.25, 0.3) is 22.3 Å². The second-order valence-electron chi connectivity index (χ2n) is 10.6. The average molecular weight is 641 g/mol. The number of aliphatic hydroxyl groups excluding tert-OH is 6. The van der Waals surface area contributed by atoms with Gasteiger partial charge in [-0.25, -0.2) is 0 Å². The van der Waals surface area contributed by atoms with Crippen molar-refractivity contribution in [2.75, 3.05) is 13.7 Å². The molecule has 1 aromatic heterocycles. The second-order valence-corrected chi connectivity index (χ2v) is 10.6. The first-order valence-corrected chi connectivity index (χ1v) is 13.5. The Bertz CT molecular complexity index is 1610. The van der Waals surface area contributed by atoms with Gasteiger partial charge in [-0.05, 0) is 25.1 Å². The van der Waals surface area contributed by atoms with Gasteiger partial charge in [0.1, 0.15) is 53.9 Å². The molecule has 2 saturated heterocycles. The van der Waals surface area contributed by atoms with Crippen LogP contribution in [-0.4, -0.2) is 126 Å². The molecule has 0 aliphatic carbocycles. The van der Waals surface area contributed by atoms with E-state index in [1.165, 1.54) is 20.1 Å². The summed E-state index contributed by atoms with van der Waals surface area (Å²) in [6.07, 6.45) is -16.4. The molecule has 2 aliphatic heterocycles. The summed E-state index contributed by atoms with van der Waals surface area (Å²) in [7, 11) is 1.18. The Morgan fingerprint density at radius 1 is 0.778 bits per heavy atom. The number of phenolic OH excluding ortho intramolecular Hbond substituents is 4. The number of aliphatic hydroxyl groups is 6. The molecule has 5 rings (SSSR count). The van der Waals surface area contributed by atoms with Crippen LogP contribution in [0.3, 0.4) is 0 Å². The molecule has 0 radical (unpaired) electrons. The lowest BCUT2D eigenvalue weighted by atomic mass is 9.98. The number of hydrogen-bond acceptors (Lipinski definition) is 17. The largest absolute Gasteiger partial charge is 0.507 e. The minimum absolute atomic E-state index is 0.0925. The minimum atomic E-state index is -2.00. The maximum atomic E-state index is 13.7. The fraction of sp³-hybridized carbons (Fsp3) is 0.464. The Morgan fingerprint density at radius 2 is 1.44 bits per heavy atom. The van der Waals surface area contributed by atoms with Crippen LogP contribution < -0.4 is 14.9 Å². The Kier molecular flexibility index (Phi) is 9.00.